The van der Waals surface area contributed by atoms with Crippen molar-refractivity contribution in [3.05, 3.63) is 46.1 Å². The SMILES string of the molecule is Cc1cc(NC(=O)CCSCc2ccc(Br)cc2)no1. The summed E-state index contributed by atoms with van der Waals surface area (Å²) in [5.74, 6) is 2.81. The maximum Gasteiger partial charge on any atom is 0.226 e. The third-order valence-electron chi connectivity index (χ3n) is 2.55. The van der Waals surface area contributed by atoms with E-state index in [2.05, 4.69) is 38.5 Å². The highest BCUT2D eigenvalue weighted by atomic mass is 79.9. The van der Waals surface area contributed by atoms with Gasteiger partial charge < -0.3 is 9.84 Å². The lowest BCUT2D eigenvalue weighted by Gasteiger charge is -2.03. The third-order valence-corrected chi connectivity index (χ3v) is 4.11. The Morgan fingerprint density at radius 2 is 2.15 bits per heavy atom. The molecule has 0 spiro atoms. The average Bonchev–Trinajstić information content (AvgIpc) is 2.82. The summed E-state index contributed by atoms with van der Waals surface area (Å²) in [6.07, 6.45) is 0.465. The lowest BCUT2D eigenvalue weighted by atomic mass is 10.2. The van der Waals surface area contributed by atoms with E-state index >= 15 is 0 Å². The van der Waals surface area contributed by atoms with Crippen LogP contribution in [0, 0.1) is 6.92 Å². The molecule has 1 N–H and O–H groups in total. The normalized spacial score (nSPS) is 10.5. The molecule has 0 atom stereocenters. The predicted molar refractivity (Wildman–Crippen MR) is 84.8 cm³/mol. The zero-order valence-corrected chi connectivity index (χ0v) is 13.5. The summed E-state index contributed by atoms with van der Waals surface area (Å²) in [6.45, 7) is 1.79. The summed E-state index contributed by atoms with van der Waals surface area (Å²) in [5, 5.41) is 6.43. The molecule has 0 bridgehead atoms. The number of hydrogen-bond acceptors (Lipinski definition) is 4. The molecule has 1 aromatic heterocycles. The van der Waals surface area contributed by atoms with Gasteiger partial charge in [-0.2, -0.15) is 11.8 Å². The number of aromatic nitrogens is 1. The van der Waals surface area contributed by atoms with Crippen LogP contribution < -0.4 is 5.32 Å². The summed E-state index contributed by atoms with van der Waals surface area (Å²) in [6, 6.07) is 9.91. The van der Waals surface area contributed by atoms with E-state index in [1.54, 1.807) is 24.8 Å². The van der Waals surface area contributed by atoms with E-state index in [0.717, 1.165) is 16.0 Å². The summed E-state index contributed by atoms with van der Waals surface area (Å²) < 4.78 is 5.96. The number of hydrogen-bond donors (Lipinski definition) is 1. The van der Waals surface area contributed by atoms with E-state index < -0.39 is 0 Å². The second-order valence-electron chi connectivity index (χ2n) is 4.30. The first kappa shape index (κ1) is 15.1. The quantitative estimate of drug-likeness (QED) is 0.796. The molecule has 0 aliphatic rings. The van der Waals surface area contributed by atoms with E-state index in [9.17, 15) is 4.79 Å². The zero-order valence-electron chi connectivity index (χ0n) is 11.1. The Kier molecular flexibility index (Phi) is 5.67. The van der Waals surface area contributed by atoms with Crippen LogP contribution in [-0.2, 0) is 10.5 Å². The molecule has 4 nitrogen and oxygen atoms in total. The molecule has 0 unspecified atom stereocenters. The average molecular weight is 355 g/mol. The molecule has 1 heterocycles. The molecule has 1 amide bonds. The van der Waals surface area contributed by atoms with Crippen LogP contribution in [0.2, 0.25) is 0 Å². The Hall–Kier alpha value is -1.27. The van der Waals surface area contributed by atoms with E-state index in [4.69, 9.17) is 4.52 Å². The second-order valence-corrected chi connectivity index (χ2v) is 6.32. The number of thioether (sulfide) groups is 1. The highest BCUT2D eigenvalue weighted by Gasteiger charge is 2.06. The molecule has 0 saturated heterocycles. The largest absolute Gasteiger partial charge is 0.360 e. The molecule has 0 saturated carbocycles. The van der Waals surface area contributed by atoms with Gasteiger partial charge in [-0.15, -0.1) is 0 Å². The number of halogens is 1. The number of carbonyl (C=O) groups is 1. The van der Waals surface area contributed by atoms with Gasteiger partial charge in [0.15, 0.2) is 5.82 Å². The van der Waals surface area contributed by atoms with Gasteiger partial charge in [0.1, 0.15) is 5.76 Å². The van der Waals surface area contributed by atoms with Crippen LogP contribution in [0.25, 0.3) is 0 Å². The molecular formula is C14H15BrN2O2S. The van der Waals surface area contributed by atoms with Gasteiger partial charge >= 0.3 is 0 Å². The van der Waals surface area contributed by atoms with Crippen molar-refractivity contribution in [1.82, 2.24) is 5.16 Å². The monoisotopic (exact) mass is 354 g/mol. The molecule has 2 aromatic rings. The second kappa shape index (κ2) is 7.50. The van der Waals surface area contributed by atoms with Crippen LogP contribution in [0.3, 0.4) is 0 Å². The highest BCUT2D eigenvalue weighted by molar-refractivity contribution is 9.10. The number of anilines is 1. The maximum atomic E-state index is 11.7. The van der Waals surface area contributed by atoms with Crippen molar-refractivity contribution in [2.45, 2.75) is 19.1 Å². The Morgan fingerprint density at radius 1 is 1.40 bits per heavy atom. The summed E-state index contributed by atoms with van der Waals surface area (Å²) in [5.41, 5.74) is 1.26. The zero-order chi connectivity index (χ0) is 14.4. The number of nitrogens with zero attached hydrogens (tertiary/aromatic N) is 1. The Bertz CT molecular complexity index is 569. The lowest BCUT2D eigenvalue weighted by Crippen LogP contribution is -2.12. The van der Waals surface area contributed by atoms with Gasteiger partial charge in [-0.1, -0.05) is 33.2 Å². The van der Waals surface area contributed by atoms with Gasteiger partial charge in [0, 0.05) is 28.5 Å². The van der Waals surface area contributed by atoms with Crippen molar-refractivity contribution in [2.75, 3.05) is 11.1 Å². The molecule has 0 radical (unpaired) electrons. The van der Waals surface area contributed by atoms with E-state index in [1.165, 1.54) is 5.56 Å². The number of benzene rings is 1. The van der Waals surface area contributed by atoms with Crippen LogP contribution in [0.1, 0.15) is 17.7 Å². The van der Waals surface area contributed by atoms with Gasteiger partial charge in [-0.3, -0.25) is 4.79 Å². The van der Waals surface area contributed by atoms with Crippen LogP contribution in [-0.4, -0.2) is 16.8 Å². The van der Waals surface area contributed by atoms with Crippen molar-refractivity contribution in [2.24, 2.45) is 0 Å². The van der Waals surface area contributed by atoms with Crippen LogP contribution in [0.4, 0.5) is 5.82 Å². The van der Waals surface area contributed by atoms with E-state index in [0.29, 0.717) is 18.0 Å². The first-order valence-electron chi connectivity index (χ1n) is 6.19. The Balaban J connectivity index is 1.65. The van der Waals surface area contributed by atoms with Gasteiger partial charge in [0.05, 0.1) is 0 Å². The minimum atomic E-state index is -0.0402. The minimum Gasteiger partial charge on any atom is -0.360 e. The van der Waals surface area contributed by atoms with Crippen molar-refractivity contribution >= 4 is 39.4 Å². The van der Waals surface area contributed by atoms with Crippen LogP contribution >= 0.6 is 27.7 Å². The van der Waals surface area contributed by atoms with Crippen LogP contribution in [0.5, 0.6) is 0 Å². The summed E-state index contributed by atoms with van der Waals surface area (Å²) in [7, 11) is 0. The molecular weight excluding hydrogens is 340 g/mol. The number of aryl methyl sites for hydroxylation is 1. The van der Waals surface area contributed by atoms with Crippen molar-refractivity contribution in [1.29, 1.82) is 0 Å². The smallest absolute Gasteiger partial charge is 0.226 e. The van der Waals surface area contributed by atoms with Gasteiger partial charge in [0.25, 0.3) is 0 Å². The predicted octanol–water partition coefficient (Wildman–Crippen LogP) is 4.01. The van der Waals surface area contributed by atoms with Crippen LogP contribution in [0.15, 0.2) is 39.3 Å². The molecule has 0 aliphatic heterocycles. The number of carbonyl (C=O) groups excluding carboxylic acids is 1. The highest BCUT2D eigenvalue weighted by Crippen LogP contribution is 2.16. The first-order chi connectivity index (χ1) is 9.63. The fourth-order valence-electron chi connectivity index (χ4n) is 1.57. The first-order valence-corrected chi connectivity index (χ1v) is 8.13. The Morgan fingerprint density at radius 3 is 2.80 bits per heavy atom. The van der Waals surface area contributed by atoms with E-state index in [1.807, 2.05) is 12.1 Å². The molecule has 20 heavy (non-hydrogen) atoms. The van der Waals surface area contributed by atoms with Crippen molar-refractivity contribution < 1.29 is 9.32 Å². The molecule has 0 fully saturated rings. The van der Waals surface area contributed by atoms with Crippen molar-refractivity contribution in [3.63, 3.8) is 0 Å². The third kappa shape index (κ3) is 5.02. The minimum absolute atomic E-state index is 0.0402. The number of nitrogens with one attached hydrogen (secondary N) is 1. The molecule has 0 aliphatic carbocycles. The lowest BCUT2D eigenvalue weighted by molar-refractivity contribution is -0.115. The number of amides is 1. The van der Waals surface area contributed by atoms with Crippen molar-refractivity contribution in [3.8, 4) is 0 Å². The standard InChI is InChI=1S/C14H15BrN2O2S/c1-10-8-13(17-19-10)16-14(18)6-7-20-9-11-2-4-12(15)5-3-11/h2-5,8H,6-7,9H2,1H3,(H,16,17,18). The Labute approximate surface area is 130 Å². The molecule has 106 valence electrons. The molecule has 2 rings (SSSR count). The maximum absolute atomic E-state index is 11.7. The fourth-order valence-corrected chi connectivity index (χ4v) is 2.73. The summed E-state index contributed by atoms with van der Waals surface area (Å²) in [4.78, 5) is 11.7. The number of rotatable bonds is 6. The van der Waals surface area contributed by atoms with E-state index in [-0.39, 0.29) is 5.91 Å². The van der Waals surface area contributed by atoms with Gasteiger partial charge in [-0.25, -0.2) is 0 Å². The fraction of sp³-hybridized carbons (Fsp3) is 0.286. The molecule has 6 heteroatoms. The van der Waals surface area contributed by atoms with Gasteiger partial charge in [0.2, 0.25) is 5.91 Å². The topological polar surface area (TPSA) is 55.1 Å². The molecule has 1 aromatic carbocycles. The summed E-state index contributed by atoms with van der Waals surface area (Å²) >= 11 is 5.14. The van der Waals surface area contributed by atoms with Gasteiger partial charge in [-0.05, 0) is 24.6 Å².